The number of aliphatic hydroxyl groups is 1. The van der Waals surface area contributed by atoms with Crippen LogP contribution in [0.3, 0.4) is 0 Å². The number of aromatic nitrogens is 1. The molecule has 1 aliphatic carbocycles. The van der Waals surface area contributed by atoms with Crippen molar-refractivity contribution in [2.24, 2.45) is 5.92 Å². The molecule has 1 saturated carbocycles. The number of hydrogen-bond donors (Lipinski definition) is 1. The zero-order chi connectivity index (χ0) is 15.7. The molecule has 1 aromatic carbocycles. The van der Waals surface area contributed by atoms with Crippen molar-refractivity contribution in [1.29, 1.82) is 0 Å². The summed E-state index contributed by atoms with van der Waals surface area (Å²) in [5, 5.41) is 10.7. The third kappa shape index (κ3) is 3.69. The Morgan fingerprint density at radius 1 is 1.36 bits per heavy atom. The van der Waals surface area contributed by atoms with E-state index in [-0.39, 0.29) is 6.10 Å². The zero-order valence-corrected chi connectivity index (χ0v) is 13.7. The molecule has 4 nitrogen and oxygen atoms in total. The summed E-state index contributed by atoms with van der Waals surface area (Å²) in [7, 11) is 1.98. The average molecular weight is 321 g/mol. The van der Waals surface area contributed by atoms with Crippen LogP contribution in [0.15, 0.2) is 28.7 Å². The van der Waals surface area contributed by atoms with E-state index in [1.165, 1.54) is 0 Å². The van der Waals surface area contributed by atoms with E-state index < -0.39 is 0 Å². The molecule has 0 spiro atoms. The molecule has 0 amide bonds. The lowest BCUT2D eigenvalue weighted by atomic mass is 10.1. The molecule has 5 heteroatoms. The third-order valence-corrected chi connectivity index (χ3v) is 4.27. The van der Waals surface area contributed by atoms with Crippen LogP contribution in [0.1, 0.15) is 24.4 Å². The number of rotatable bonds is 6. The second-order valence-electron chi connectivity index (χ2n) is 6.13. The van der Waals surface area contributed by atoms with Gasteiger partial charge in [0.1, 0.15) is 0 Å². The number of hydrogen-bond acceptors (Lipinski definition) is 4. The highest BCUT2D eigenvalue weighted by atomic mass is 35.5. The minimum Gasteiger partial charge on any atom is -0.439 e. The molecule has 3 rings (SSSR count). The van der Waals surface area contributed by atoms with E-state index in [0.717, 1.165) is 29.9 Å². The number of aliphatic hydroxyl groups excluding tert-OH is 1. The van der Waals surface area contributed by atoms with Gasteiger partial charge >= 0.3 is 0 Å². The van der Waals surface area contributed by atoms with Gasteiger partial charge in [-0.05, 0) is 57.0 Å². The second kappa shape index (κ2) is 6.41. The number of aryl methyl sites for hydroxylation is 1. The second-order valence-corrected chi connectivity index (χ2v) is 6.57. The first-order chi connectivity index (χ1) is 10.5. The molecule has 1 aliphatic rings. The molecule has 0 saturated heterocycles. The van der Waals surface area contributed by atoms with Gasteiger partial charge in [-0.1, -0.05) is 11.6 Å². The molecule has 118 valence electrons. The Labute approximate surface area is 135 Å². The van der Waals surface area contributed by atoms with Crippen molar-refractivity contribution >= 4 is 11.6 Å². The third-order valence-electron chi connectivity index (χ3n) is 4.02. The lowest BCUT2D eigenvalue weighted by Crippen LogP contribution is -2.30. The molecule has 22 heavy (non-hydrogen) atoms. The number of benzene rings is 1. The van der Waals surface area contributed by atoms with Gasteiger partial charge in [0.2, 0.25) is 5.89 Å². The molecule has 0 bridgehead atoms. The molecule has 1 fully saturated rings. The minimum atomic E-state index is -0.239. The maximum Gasteiger partial charge on any atom is 0.209 e. The van der Waals surface area contributed by atoms with Gasteiger partial charge in [-0.25, -0.2) is 4.98 Å². The summed E-state index contributed by atoms with van der Waals surface area (Å²) in [4.78, 5) is 6.55. The monoisotopic (exact) mass is 320 g/mol. The van der Waals surface area contributed by atoms with Gasteiger partial charge < -0.3 is 9.52 Å². The van der Waals surface area contributed by atoms with Crippen molar-refractivity contribution in [3.63, 3.8) is 0 Å². The van der Waals surface area contributed by atoms with Crippen molar-refractivity contribution in [3.8, 4) is 11.3 Å². The van der Waals surface area contributed by atoms with Crippen LogP contribution in [0.5, 0.6) is 0 Å². The Balaban J connectivity index is 1.67. The smallest absolute Gasteiger partial charge is 0.209 e. The molecule has 1 unspecified atom stereocenters. The standard InChI is InChI=1S/C17H21ClN2O2/c1-11-17(13-5-7-14(18)8-6-13)22-16(19-11)10-20(2)9-15(21)12-3-4-12/h5-8,12,15,21H,3-4,9-10H2,1-2H3. The van der Waals surface area contributed by atoms with E-state index in [0.29, 0.717) is 29.9 Å². The Kier molecular flexibility index (Phi) is 4.52. The molecule has 0 radical (unpaired) electrons. The lowest BCUT2D eigenvalue weighted by molar-refractivity contribution is 0.100. The lowest BCUT2D eigenvalue weighted by Gasteiger charge is -2.18. The van der Waals surface area contributed by atoms with Crippen LogP contribution in [-0.2, 0) is 6.54 Å². The van der Waals surface area contributed by atoms with Crippen LogP contribution >= 0.6 is 11.6 Å². The fourth-order valence-corrected chi connectivity index (χ4v) is 2.76. The molecule has 2 aromatic rings. The van der Waals surface area contributed by atoms with Crippen LogP contribution < -0.4 is 0 Å². The molecule has 0 aliphatic heterocycles. The predicted octanol–water partition coefficient (Wildman–Crippen LogP) is 3.51. The fraction of sp³-hybridized carbons (Fsp3) is 0.471. The van der Waals surface area contributed by atoms with Crippen LogP contribution in [-0.4, -0.2) is 34.7 Å². The van der Waals surface area contributed by atoms with E-state index in [4.69, 9.17) is 16.0 Å². The minimum absolute atomic E-state index is 0.239. The van der Waals surface area contributed by atoms with Gasteiger partial charge in [-0.3, -0.25) is 4.90 Å². The van der Waals surface area contributed by atoms with Crippen molar-refractivity contribution < 1.29 is 9.52 Å². The van der Waals surface area contributed by atoms with Crippen LogP contribution in [0.2, 0.25) is 5.02 Å². The first-order valence-electron chi connectivity index (χ1n) is 7.62. The number of halogens is 1. The molecular weight excluding hydrogens is 300 g/mol. The summed E-state index contributed by atoms with van der Waals surface area (Å²) in [5.74, 6) is 1.94. The maximum absolute atomic E-state index is 10.00. The van der Waals surface area contributed by atoms with Crippen molar-refractivity contribution in [2.75, 3.05) is 13.6 Å². The van der Waals surface area contributed by atoms with Crippen molar-refractivity contribution in [3.05, 3.63) is 40.9 Å². The first kappa shape index (κ1) is 15.5. The molecule has 1 heterocycles. The summed E-state index contributed by atoms with van der Waals surface area (Å²) in [6.07, 6.45) is 2.05. The zero-order valence-electron chi connectivity index (χ0n) is 12.9. The van der Waals surface area contributed by atoms with E-state index in [1.54, 1.807) is 0 Å². The average Bonchev–Trinajstić information content (AvgIpc) is 3.25. The summed E-state index contributed by atoms with van der Waals surface area (Å²) in [6.45, 7) is 3.19. The van der Waals surface area contributed by atoms with Crippen LogP contribution in [0.25, 0.3) is 11.3 Å². The van der Waals surface area contributed by atoms with E-state index >= 15 is 0 Å². The Morgan fingerprint density at radius 2 is 2.05 bits per heavy atom. The van der Waals surface area contributed by atoms with Gasteiger partial charge in [-0.2, -0.15) is 0 Å². The summed E-state index contributed by atoms with van der Waals surface area (Å²) in [6, 6.07) is 7.55. The van der Waals surface area contributed by atoms with Gasteiger partial charge in [-0.15, -0.1) is 0 Å². The Morgan fingerprint density at radius 3 is 2.68 bits per heavy atom. The quantitative estimate of drug-likeness (QED) is 0.885. The highest BCUT2D eigenvalue weighted by molar-refractivity contribution is 6.30. The highest BCUT2D eigenvalue weighted by Crippen LogP contribution is 2.33. The fourth-order valence-electron chi connectivity index (χ4n) is 2.63. The Hall–Kier alpha value is -1.36. The van der Waals surface area contributed by atoms with Crippen LogP contribution in [0.4, 0.5) is 0 Å². The molecular formula is C17H21ClN2O2. The Bertz CT molecular complexity index is 635. The van der Waals surface area contributed by atoms with Gasteiger partial charge in [0.05, 0.1) is 18.3 Å². The van der Waals surface area contributed by atoms with E-state index in [9.17, 15) is 5.11 Å². The van der Waals surface area contributed by atoms with Gasteiger partial charge in [0.15, 0.2) is 5.76 Å². The van der Waals surface area contributed by atoms with E-state index in [2.05, 4.69) is 9.88 Å². The SMILES string of the molecule is Cc1nc(CN(C)CC(O)C2CC2)oc1-c1ccc(Cl)cc1. The molecule has 1 N–H and O–H groups in total. The van der Waals surface area contributed by atoms with Gasteiger partial charge in [0, 0.05) is 17.1 Å². The van der Waals surface area contributed by atoms with Crippen molar-refractivity contribution in [2.45, 2.75) is 32.4 Å². The first-order valence-corrected chi connectivity index (χ1v) is 7.99. The van der Waals surface area contributed by atoms with E-state index in [1.807, 2.05) is 38.2 Å². The summed E-state index contributed by atoms with van der Waals surface area (Å²) in [5.41, 5.74) is 1.84. The highest BCUT2D eigenvalue weighted by Gasteiger charge is 2.30. The normalized spacial score (nSPS) is 16.2. The number of nitrogens with zero attached hydrogens (tertiary/aromatic N) is 2. The summed E-state index contributed by atoms with van der Waals surface area (Å²) >= 11 is 5.92. The molecule has 1 atom stereocenters. The van der Waals surface area contributed by atoms with Gasteiger partial charge in [0.25, 0.3) is 0 Å². The molecule has 1 aromatic heterocycles. The largest absolute Gasteiger partial charge is 0.439 e. The topological polar surface area (TPSA) is 49.5 Å². The maximum atomic E-state index is 10.00. The number of oxazole rings is 1. The van der Waals surface area contributed by atoms with Crippen molar-refractivity contribution in [1.82, 2.24) is 9.88 Å². The summed E-state index contributed by atoms with van der Waals surface area (Å²) < 4.78 is 5.89. The van der Waals surface area contributed by atoms with Crippen LogP contribution in [0, 0.1) is 12.8 Å². The number of likely N-dealkylation sites (N-methyl/N-ethyl adjacent to an activating group) is 1. The predicted molar refractivity (Wildman–Crippen MR) is 86.8 cm³/mol.